The largest absolute Gasteiger partial charge is 0.295 e. The fourth-order valence-corrected chi connectivity index (χ4v) is 5.10. The second-order valence-electron chi connectivity index (χ2n) is 6.79. The molecule has 0 radical (unpaired) electrons. The summed E-state index contributed by atoms with van der Waals surface area (Å²) in [6, 6.07) is 0. The van der Waals surface area contributed by atoms with Gasteiger partial charge in [0.05, 0.1) is 23.8 Å². The zero-order valence-corrected chi connectivity index (χ0v) is 14.8. The van der Waals surface area contributed by atoms with Crippen molar-refractivity contribution in [2.75, 3.05) is 19.8 Å². The van der Waals surface area contributed by atoms with Gasteiger partial charge in [-0.15, -0.1) is 11.3 Å². The first-order chi connectivity index (χ1) is 11.8. The lowest BCUT2D eigenvalue weighted by Gasteiger charge is -2.31. The fourth-order valence-electron chi connectivity index (χ4n) is 3.82. The lowest BCUT2D eigenvalue weighted by molar-refractivity contribution is 0.191. The summed E-state index contributed by atoms with van der Waals surface area (Å²) in [5, 5.41) is 5.45. The molecule has 2 aromatic rings. The Balaban J connectivity index is 1.43. The van der Waals surface area contributed by atoms with E-state index < -0.39 is 6.67 Å². The first-order valence-corrected chi connectivity index (χ1v) is 9.78. The molecule has 2 aromatic heterocycles. The van der Waals surface area contributed by atoms with Crippen molar-refractivity contribution < 1.29 is 4.39 Å². The monoisotopic (exact) mass is 349 g/mol. The molecular weight excluding hydrogens is 325 g/mol. The van der Waals surface area contributed by atoms with Gasteiger partial charge < -0.3 is 0 Å². The Morgan fingerprint density at radius 3 is 3.04 bits per heavy atom. The van der Waals surface area contributed by atoms with Crippen LogP contribution in [0.2, 0.25) is 0 Å². The van der Waals surface area contributed by atoms with Gasteiger partial charge in [0.15, 0.2) is 0 Å². The summed E-state index contributed by atoms with van der Waals surface area (Å²) in [4.78, 5) is 13.2. The molecule has 130 valence electrons. The minimum atomic E-state index is -0.399. The molecule has 4 rings (SSSR count). The molecule has 2 aliphatic rings. The van der Waals surface area contributed by atoms with Crippen LogP contribution in [0.15, 0.2) is 6.33 Å². The Kier molecular flexibility index (Phi) is 4.89. The van der Waals surface area contributed by atoms with Gasteiger partial charge in [0, 0.05) is 17.3 Å². The van der Waals surface area contributed by atoms with Gasteiger partial charge in [-0.3, -0.25) is 4.90 Å². The van der Waals surface area contributed by atoms with Gasteiger partial charge in [-0.1, -0.05) is 0 Å². The Bertz CT molecular complexity index is 659. The summed E-state index contributed by atoms with van der Waals surface area (Å²) in [5.41, 5.74) is 1.36. The Morgan fingerprint density at radius 2 is 2.17 bits per heavy atom. The van der Waals surface area contributed by atoms with Crippen LogP contribution in [-0.2, 0) is 25.9 Å². The summed E-state index contributed by atoms with van der Waals surface area (Å²) in [7, 11) is 0. The molecule has 0 bridgehead atoms. The number of piperidine rings is 1. The van der Waals surface area contributed by atoms with E-state index in [2.05, 4.69) is 15.0 Å². The highest BCUT2D eigenvalue weighted by atomic mass is 32.1. The van der Waals surface area contributed by atoms with Crippen molar-refractivity contribution in [3.05, 3.63) is 27.7 Å². The molecule has 3 heterocycles. The van der Waals surface area contributed by atoms with Gasteiger partial charge in [-0.25, -0.2) is 19.0 Å². The van der Waals surface area contributed by atoms with E-state index in [0.29, 0.717) is 12.5 Å². The van der Waals surface area contributed by atoms with Crippen LogP contribution in [0.3, 0.4) is 0 Å². The third kappa shape index (κ3) is 3.37. The smallest absolute Gasteiger partial charge is 0.141 e. The van der Waals surface area contributed by atoms with Crippen molar-refractivity contribution in [2.45, 2.75) is 57.5 Å². The first-order valence-electron chi connectivity index (χ1n) is 8.97. The van der Waals surface area contributed by atoms with E-state index in [1.165, 1.54) is 54.0 Å². The Morgan fingerprint density at radius 1 is 1.25 bits per heavy atom. The third-order valence-corrected chi connectivity index (χ3v) is 6.39. The van der Waals surface area contributed by atoms with E-state index in [1.54, 1.807) is 4.68 Å². The number of aryl methyl sites for hydroxylation is 3. The number of alkyl halides is 1. The lowest BCUT2D eigenvalue weighted by Crippen LogP contribution is -2.34. The molecule has 24 heavy (non-hydrogen) atoms. The van der Waals surface area contributed by atoms with Crippen molar-refractivity contribution >= 4 is 11.3 Å². The summed E-state index contributed by atoms with van der Waals surface area (Å²) in [5.74, 6) is 1.40. The summed E-state index contributed by atoms with van der Waals surface area (Å²) < 4.78 is 14.3. The molecular formula is C17H24FN5S. The minimum absolute atomic E-state index is 0.297. The van der Waals surface area contributed by atoms with Crippen LogP contribution in [0.5, 0.6) is 0 Å². The van der Waals surface area contributed by atoms with Crippen LogP contribution >= 0.6 is 11.3 Å². The number of thiazole rings is 1. The zero-order chi connectivity index (χ0) is 16.4. The van der Waals surface area contributed by atoms with Crippen LogP contribution < -0.4 is 0 Å². The van der Waals surface area contributed by atoms with Crippen molar-refractivity contribution in [3.63, 3.8) is 0 Å². The third-order valence-electron chi connectivity index (χ3n) is 5.07. The maximum atomic E-state index is 12.6. The molecule has 1 saturated heterocycles. The molecule has 1 fully saturated rings. The van der Waals surface area contributed by atoms with Gasteiger partial charge in [-0.05, 0) is 45.1 Å². The van der Waals surface area contributed by atoms with Gasteiger partial charge >= 0.3 is 0 Å². The number of nitrogens with zero attached hydrogens (tertiary/aromatic N) is 5. The van der Waals surface area contributed by atoms with E-state index in [1.807, 2.05) is 11.3 Å². The molecule has 7 heteroatoms. The number of likely N-dealkylation sites (tertiary alicyclic amines) is 1. The highest BCUT2D eigenvalue weighted by Crippen LogP contribution is 2.34. The van der Waals surface area contributed by atoms with Gasteiger partial charge in [0.2, 0.25) is 0 Å². The van der Waals surface area contributed by atoms with E-state index in [0.717, 1.165) is 31.9 Å². The number of hydrogen-bond donors (Lipinski definition) is 0. The molecule has 0 saturated carbocycles. The maximum absolute atomic E-state index is 12.6. The van der Waals surface area contributed by atoms with E-state index in [-0.39, 0.29) is 0 Å². The first kappa shape index (κ1) is 16.1. The normalized spacial score (nSPS) is 21.8. The lowest BCUT2D eigenvalue weighted by atomic mass is 9.98. The van der Waals surface area contributed by atoms with Gasteiger partial charge in [0.25, 0.3) is 0 Å². The van der Waals surface area contributed by atoms with E-state index in [4.69, 9.17) is 4.98 Å². The molecule has 0 unspecified atom stereocenters. The summed E-state index contributed by atoms with van der Waals surface area (Å²) >= 11 is 1.94. The van der Waals surface area contributed by atoms with Crippen molar-refractivity contribution in [1.29, 1.82) is 0 Å². The second-order valence-corrected chi connectivity index (χ2v) is 7.91. The molecule has 1 aliphatic heterocycles. The SMILES string of the molecule is FCCn1ncnc1CN1CCC[C@@H](c2nc3c(s2)CCCC3)C1. The van der Waals surface area contributed by atoms with Crippen molar-refractivity contribution in [1.82, 2.24) is 24.6 Å². The van der Waals surface area contributed by atoms with Gasteiger partial charge in [-0.2, -0.15) is 5.10 Å². The number of hydrogen-bond acceptors (Lipinski definition) is 5. The molecule has 1 atom stereocenters. The van der Waals surface area contributed by atoms with Crippen LogP contribution in [0.1, 0.15) is 53.0 Å². The van der Waals surface area contributed by atoms with Crippen molar-refractivity contribution in [2.24, 2.45) is 0 Å². The average Bonchev–Trinajstić information content (AvgIpc) is 3.22. The predicted molar refractivity (Wildman–Crippen MR) is 92.0 cm³/mol. The second kappa shape index (κ2) is 7.27. The molecule has 0 aromatic carbocycles. The van der Waals surface area contributed by atoms with Crippen LogP contribution in [-0.4, -0.2) is 44.4 Å². The Labute approximate surface area is 145 Å². The zero-order valence-electron chi connectivity index (χ0n) is 14.0. The van der Waals surface area contributed by atoms with Crippen LogP contribution in [0.25, 0.3) is 0 Å². The minimum Gasteiger partial charge on any atom is -0.295 e. The molecule has 0 spiro atoms. The summed E-state index contributed by atoms with van der Waals surface area (Å²) in [6.07, 6.45) is 8.92. The van der Waals surface area contributed by atoms with Crippen LogP contribution in [0.4, 0.5) is 4.39 Å². The quantitative estimate of drug-likeness (QED) is 0.833. The van der Waals surface area contributed by atoms with E-state index >= 15 is 0 Å². The number of halogens is 1. The molecule has 0 N–H and O–H groups in total. The number of rotatable bonds is 5. The standard InChI is InChI=1S/C17H24FN5S/c18-7-9-23-16(19-12-20-23)11-22-8-3-4-13(10-22)17-21-14-5-1-2-6-15(14)24-17/h12-13H,1-11H2/t13-/m1/s1. The topological polar surface area (TPSA) is 46.8 Å². The summed E-state index contributed by atoms with van der Waals surface area (Å²) in [6.45, 7) is 2.75. The number of fused-ring (bicyclic) bond motifs is 1. The fraction of sp³-hybridized carbons (Fsp3) is 0.706. The molecule has 0 amide bonds. The highest BCUT2D eigenvalue weighted by molar-refractivity contribution is 7.11. The molecule has 1 aliphatic carbocycles. The Hall–Kier alpha value is -1.34. The van der Waals surface area contributed by atoms with Crippen molar-refractivity contribution in [3.8, 4) is 0 Å². The van der Waals surface area contributed by atoms with E-state index in [9.17, 15) is 4.39 Å². The highest BCUT2D eigenvalue weighted by Gasteiger charge is 2.26. The van der Waals surface area contributed by atoms with Gasteiger partial charge in [0.1, 0.15) is 18.8 Å². The predicted octanol–water partition coefficient (Wildman–Crippen LogP) is 2.96. The van der Waals surface area contributed by atoms with Crippen LogP contribution in [0, 0.1) is 0 Å². The number of aromatic nitrogens is 4. The average molecular weight is 349 g/mol. The maximum Gasteiger partial charge on any atom is 0.141 e. The molecule has 5 nitrogen and oxygen atoms in total.